The molecule has 0 fully saturated rings. The number of hydrogen-bond acceptors (Lipinski definition) is 4. The first kappa shape index (κ1) is 13.5. The van der Waals surface area contributed by atoms with Crippen molar-refractivity contribution in [2.24, 2.45) is 7.05 Å². The number of hydrogen-bond donors (Lipinski definition) is 1. The number of ether oxygens (including phenoxy) is 1. The van der Waals surface area contributed by atoms with Gasteiger partial charge in [0.1, 0.15) is 6.33 Å². The monoisotopic (exact) mass is 260 g/mol. The van der Waals surface area contributed by atoms with E-state index in [-0.39, 0.29) is 0 Å². The van der Waals surface area contributed by atoms with Crippen molar-refractivity contribution in [1.82, 2.24) is 14.8 Å². The Balaban J connectivity index is 2.20. The zero-order valence-corrected chi connectivity index (χ0v) is 11.6. The number of aryl methyl sites for hydroxylation is 1. The van der Waals surface area contributed by atoms with Gasteiger partial charge in [0, 0.05) is 38.1 Å². The summed E-state index contributed by atoms with van der Waals surface area (Å²) in [6.07, 6.45) is 2.67. The second-order valence-electron chi connectivity index (χ2n) is 4.64. The average molecular weight is 260 g/mol. The smallest absolute Gasteiger partial charge is 0.165 e. The van der Waals surface area contributed by atoms with Crippen molar-refractivity contribution < 1.29 is 4.74 Å². The third kappa shape index (κ3) is 3.32. The fraction of sp³-hybridized carbons (Fsp3) is 0.429. The van der Waals surface area contributed by atoms with Crippen LogP contribution >= 0.6 is 0 Å². The molecule has 5 heteroatoms. The minimum absolute atomic E-state index is 0.342. The largest absolute Gasteiger partial charge is 0.385 e. The lowest BCUT2D eigenvalue weighted by Gasteiger charge is -2.17. The van der Waals surface area contributed by atoms with Crippen LogP contribution in [-0.4, -0.2) is 34.5 Å². The number of methoxy groups -OCH3 is 1. The molecule has 1 N–H and O–H groups in total. The molecule has 0 bridgehead atoms. The van der Waals surface area contributed by atoms with Crippen LogP contribution in [-0.2, 0) is 11.8 Å². The first-order chi connectivity index (χ1) is 9.22. The first-order valence-corrected chi connectivity index (χ1v) is 6.41. The van der Waals surface area contributed by atoms with E-state index in [2.05, 4.69) is 34.6 Å². The number of aromatic nitrogens is 3. The van der Waals surface area contributed by atoms with Gasteiger partial charge < -0.3 is 14.6 Å². The van der Waals surface area contributed by atoms with E-state index >= 15 is 0 Å². The Hall–Kier alpha value is -1.88. The van der Waals surface area contributed by atoms with Crippen LogP contribution in [0, 0.1) is 0 Å². The molecule has 1 aromatic heterocycles. The molecule has 0 amide bonds. The fourth-order valence-electron chi connectivity index (χ4n) is 1.96. The predicted octanol–water partition coefficient (Wildman–Crippen LogP) is 2.32. The van der Waals surface area contributed by atoms with Crippen molar-refractivity contribution in [3.63, 3.8) is 0 Å². The van der Waals surface area contributed by atoms with Crippen LogP contribution < -0.4 is 5.32 Å². The second-order valence-corrected chi connectivity index (χ2v) is 4.64. The number of nitrogens with zero attached hydrogens (tertiary/aromatic N) is 3. The van der Waals surface area contributed by atoms with Gasteiger partial charge in [-0.25, -0.2) is 0 Å². The van der Waals surface area contributed by atoms with Crippen LogP contribution in [0.15, 0.2) is 30.6 Å². The first-order valence-electron chi connectivity index (χ1n) is 6.41. The normalized spacial score (nSPS) is 12.4. The summed E-state index contributed by atoms with van der Waals surface area (Å²) in [4.78, 5) is 0. The molecule has 0 saturated carbocycles. The minimum Gasteiger partial charge on any atom is -0.385 e. The van der Waals surface area contributed by atoms with Crippen molar-refractivity contribution in [3.05, 3.63) is 30.6 Å². The van der Waals surface area contributed by atoms with Gasteiger partial charge in [-0.05, 0) is 25.5 Å². The topological polar surface area (TPSA) is 52.0 Å². The number of rotatable bonds is 6. The van der Waals surface area contributed by atoms with Crippen LogP contribution in [0.1, 0.15) is 13.3 Å². The molecule has 0 radical (unpaired) electrons. The fourth-order valence-corrected chi connectivity index (χ4v) is 1.96. The summed E-state index contributed by atoms with van der Waals surface area (Å²) in [5.74, 6) is 0.863. The number of benzene rings is 1. The molecule has 0 spiro atoms. The van der Waals surface area contributed by atoms with Gasteiger partial charge in [-0.3, -0.25) is 0 Å². The maximum absolute atomic E-state index is 5.11. The zero-order chi connectivity index (χ0) is 13.7. The van der Waals surface area contributed by atoms with Crippen LogP contribution in [0.2, 0.25) is 0 Å². The summed E-state index contributed by atoms with van der Waals surface area (Å²) in [7, 11) is 3.67. The van der Waals surface area contributed by atoms with E-state index in [1.54, 1.807) is 13.4 Å². The highest BCUT2D eigenvalue weighted by atomic mass is 16.5. The van der Waals surface area contributed by atoms with Gasteiger partial charge in [0.2, 0.25) is 0 Å². The van der Waals surface area contributed by atoms with Crippen molar-refractivity contribution in [2.75, 3.05) is 19.0 Å². The van der Waals surface area contributed by atoms with Crippen LogP contribution in [0.3, 0.4) is 0 Å². The molecule has 1 aromatic carbocycles. The van der Waals surface area contributed by atoms with Crippen molar-refractivity contribution in [2.45, 2.75) is 19.4 Å². The van der Waals surface area contributed by atoms with Crippen molar-refractivity contribution >= 4 is 5.69 Å². The number of nitrogens with one attached hydrogen (secondary N) is 1. The molecule has 0 aliphatic rings. The summed E-state index contributed by atoms with van der Waals surface area (Å²) in [6, 6.07) is 8.48. The molecule has 1 atom stereocenters. The summed E-state index contributed by atoms with van der Waals surface area (Å²) in [5.41, 5.74) is 2.13. The quantitative estimate of drug-likeness (QED) is 0.866. The SMILES string of the molecule is COCCC(C)Nc1ccccc1-c1nncn1C. The van der Waals surface area contributed by atoms with Crippen molar-refractivity contribution in [3.8, 4) is 11.4 Å². The van der Waals surface area contributed by atoms with E-state index in [4.69, 9.17) is 4.74 Å². The molecule has 1 heterocycles. The van der Waals surface area contributed by atoms with E-state index in [1.807, 2.05) is 23.7 Å². The lowest BCUT2D eigenvalue weighted by Crippen LogP contribution is -2.17. The third-order valence-corrected chi connectivity index (χ3v) is 3.04. The molecule has 102 valence electrons. The van der Waals surface area contributed by atoms with E-state index < -0.39 is 0 Å². The summed E-state index contributed by atoms with van der Waals surface area (Å²) < 4.78 is 7.02. The maximum Gasteiger partial charge on any atom is 0.165 e. The highest BCUT2D eigenvalue weighted by Crippen LogP contribution is 2.26. The summed E-state index contributed by atoms with van der Waals surface area (Å²) in [6.45, 7) is 2.90. The van der Waals surface area contributed by atoms with Gasteiger partial charge in [-0.2, -0.15) is 0 Å². The van der Waals surface area contributed by atoms with Gasteiger partial charge in [0.25, 0.3) is 0 Å². The standard InChI is InChI=1S/C14H20N4O/c1-11(8-9-19-3)16-13-7-5-4-6-12(13)14-17-15-10-18(14)2/h4-7,10-11,16H,8-9H2,1-3H3. The molecule has 1 unspecified atom stereocenters. The summed E-state index contributed by atoms with van der Waals surface area (Å²) >= 11 is 0. The van der Waals surface area contributed by atoms with E-state index in [1.165, 1.54) is 0 Å². The van der Waals surface area contributed by atoms with Crippen LogP contribution in [0.4, 0.5) is 5.69 Å². The van der Waals surface area contributed by atoms with Gasteiger partial charge in [0.15, 0.2) is 5.82 Å². The van der Waals surface area contributed by atoms with Gasteiger partial charge >= 0.3 is 0 Å². The molecule has 5 nitrogen and oxygen atoms in total. The maximum atomic E-state index is 5.11. The molecule has 2 rings (SSSR count). The van der Waals surface area contributed by atoms with Gasteiger partial charge in [0.05, 0.1) is 0 Å². The minimum atomic E-state index is 0.342. The molecule has 0 aliphatic heterocycles. The van der Waals surface area contributed by atoms with Gasteiger partial charge in [-0.15, -0.1) is 10.2 Å². The molecule has 0 saturated heterocycles. The number of anilines is 1. The molecular weight excluding hydrogens is 240 g/mol. The van der Waals surface area contributed by atoms with E-state index in [0.29, 0.717) is 6.04 Å². The van der Waals surface area contributed by atoms with E-state index in [9.17, 15) is 0 Å². The predicted molar refractivity (Wildman–Crippen MR) is 76.0 cm³/mol. The van der Waals surface area contributed by atoms with Crippen LogP contribution in [0.5, 0.6) is 0 Å². The Kier molecular flexibility index (Phi) is 4.52. The molecular formula is C14H20N4O. The van der Waals surface area contributed by atoms with Crippen molar-refractivity contribution in [1.29, 1.82) is 0 Å². The summed E-state index contributed by atoms with van der Waals surface area (Å²) in [5, 5.41) is 11.6. The average Bonchev–Trinajstić information content (AvgIpc) is 2.83. The Morgan fingerprint density at radius 3 is 2.84 bits per heavy atom. The third-order valence-electron chi connectivity index (χ3n) is 3.04. The van der Waals surface area contributed by atoms with Gasteiger partial charge in [-0.1, -0.05) is 12.1 Å². The van der Waals surface area contributed by atoms with E-state index in [0.717, 1.165) is 30.1 Å². The highest BCUT2D eigenvalue weighted by Gasteiger charge is 2.11. The molecule has 19 heavy (non-hydrogen) atoms. The Morgan fingerprint density at radius 2 is 2.16 bits per heavy atom. The zero-order valence-electron chi connectivity index (χ0n) is 11.6. The Morgan fingerprint density at radius 1 is 1.37 bits per heavy atom. The molecule has 0 aliphatic carbocycles. The highest BCUT2D eigenvalue weighted by molar-refractivity contribution is 5.73. The van der Waals surface area contributed by atoms with Crippen LogP contribution in [0.25, 0.3) is 11.4 Å². The Labute approximate surface area is 113 Å². The Bertz CT molecular complexity index is 524. The lowest BCUT2D eigenvalue weighted by molar-refractivity contribution is 0.191. The number of para-hydroxylation sites is 1. The second kappa shape index (κ2) is 6.33. The lowest BCUT2D eigenvalue weighted by atomic mass is 10.1. The molecule has 2 aromatic rings.